The van der Waals surface area contributed by atoms with Gasteiger partial charge in [0.25, 0.3) is 0 Å². The molecule has 7 rings (SSSR count). The Bertz CT molecular complexity index is 2310. The van der Waals surface area contributed by atoms with E-state index in [-0.39, 0.29) is 29.2 Å². The Morgan fingerprint density at radius 3 is 2.08 bits per heavy atom. The van der Waals surface area contributed by atoms with Crippen molar-refractivity contribution in [2.24, 2.45) is 11.3 Å². The second kappa shape index (κ2) is 17.4. The number of imidazole rings is 2. The number of rotatable bonds is 14. The van der Waals surface area contributed by atoms with Gasteiger partial charge in [0, 0.05) is 18.7 Å². The van der Waals surface area contributed by atoms with Gasteiger partial charge >= 0.3 is 12.2 Å². The molecule has 4 amide bonds. The molecule has 0 bridgehead atoms. The van der Waals surface area contributed by atoms with E-state index in [9.17, 15) is 19.2 Å². The van der Waals surface area contributed by atoms with E-state index in [0.29, 0.717) is 31.9 Å². The van der Waals surface area contributed by atoms with Gasteiger partial charge in [-0.25, -0.2) is 19.6 Å². The van der Waals surface area contributed by atoms with Crippen molar-refractivity contribution < 1.29 is 28.7 Å². The maximum Gasteiger partial charge on any atom is 0.407 e. The van der Waals surface area contributed by atoms with E-state index in [2.05, 4.69) is 86.2 Å². The van der Waals surface area contributed by atoms with Gasteiger partial charge in [-0.2, -0.15) is 0 Å². The first kappa shape index (κ1) is 41.0. The Morgan fingerprint density at radius 2 is 1.44 bits per heavy atom. The highest BCUT2D eigenvalue weighted by Crippen LogP contribution is 2.58. The number of aromatic nitrogens is 4. The van der Waals surface area contributed by atoms with E-state index >= 15 is 0 Å². The number of hydrogen-bond acceptors (Lipinski definition) is 8. The molecular formula is C45H54N8O6. The van der Waals surface area contributed by atoms with Gasteiger partial charge < -0.3 is 39.9 Å². The number of amides is 4. The van der Waals surface area contributed by atoms with Crippen molar-refractivity contribution in [2.75, 3.05) is 27.3 Å². The molecule has 310 valence electrons. The zero-order valence-corrected chi connectivity index (χ0v) is 34.6. The summed E-state index contributed by atoms with van der Waals surface area (Å²) in [5.41, 5.74) is 5.99. The van der Waals surface area contributed by atoms with Crippen molar-refractivity contribution >= 4 is 34.8 Å². The minimum absolute atomic E-state index is 0.104. The number of nitrogens with one attached hydrogen (secondary N) is 4. The zero-order chi connectivity index (χ0) is 41.8. The number of hydrogen-bond donors (Lipinski definition) is 4. The van der Waals surface area contributed by atoms with Gasteiger partial charge in [0.1, 0.15) is 23.7 Å². The summed E-state index contributed by atoms with van der Waals surface area (Å²) in [6.07, 6.45) is 6.60. The number of ether oxygens (including phenoxy) is 2. The fourth-order valence-corrected chi connectivity index (χ4v) is 8.10. The lowest BCUT2D eigenvalue weighted by atomic mass is 9.98. The van der Waals surface area contributed by atoms with Crippen LogP contribution in [0.4, 0.5) is 9.59 Å². The van der Waals surface area contributed by atoms with Crippen LogP contribution in [0, 0.1) is 11.3 Å². The minimum atomic E-state index is -0.686. The first-order chi connectivity index (χ1) is 28.4. The van der Waals surface area contributed by atoms with Crippen LogP contribution in [0.2, 0.25) is 0 Å². The Balaban J connectivity index is 1.03. The molecule has 3 heterocycles. The Kier molecular flexibility index (Phi) is 12.1. The summed E-state index contributed by atoms with van der Waals surface area (Å²) in [5.74, 6) is 1.02. The van der Waals surface area contributed by atoms with Gasteiger partial charge in [0.2, 0.25) is 11.8 Å². The van der Waals surface area contributed by atoms with Crippen molar-refractivity contribution in [3.05, 3.63) is 84.7 Å². The fourth-order valence-electron chi connectivity index (χ4n) is 8.10. The van der Waals surface area contributed by atoms with Crippen LogP contribution in [0.3, 0.4) is 0 Å². The summed E-state index contributed by atoms with van der Waals surface area (Å²) in [5, 5.41) is 7.56. The molecule has 5 aromatic rings. The average Bonchev–Trinajstić information content (AvgIpc) is 3.56. The van der Waals surface area contributed by atoms with E-state index < -0.39 is 24.3 Å². The van der Waals surface area contributed by atoms with Gasteiger partial charge in [-0.1, -0.05) is 76.2 Å². The number of fused-ring (bicyclic) bond motifs is 1. The number of alkyl carbamates (subject to hydrolysis) is 2. The lowest BCUT2D eigenvalue weighted by Gasteiger charge is -2.30. The number of methoxy groups -OCH3 is 2. The van der Waals surface area contributed by atoms with E-state index in [1.54, 1.807) is 11.1 Å². The van der Waals surface area contributed by atoms with Gasteiger partial charge in [0.15, 0.2) is 0 Å². The number of benzene rings is 3. The lowest BCUT2D eigenvalue weighted by molar-refractivity contribution is -0.136. The summed E-state index contributed by atoms with van der Waals surface area (Å²) in [7, 11) is 2.58. The summed E-state index contributed by atoms with van der Waals surface area (Å²) >= 11 is 0. The molecule has 0 unspecified atom stereocenters. The van der Waals surface area contributed by atoms with Crippen LogP contribution >= 0.6 is 0 Å². The van der Waals surface area contributed by atoms with Crippen LogP contribution in [-0.4, -0.2) is 93.1 Å². The number of carbonyl (C=O) groups excluding carboxylic acids is 4. The van der Waals surface area contributed by atoms with Gasteiger partial charge in [0.05, 0.1) is 50.6 Å². The zero-order valence-electron chi connectivity index (χ0n) is 34.6. The summed E-state index contributed by atoms with van der Waals surface area (Å²) in [4.78, 5) is 70.9. The summed E-state index contributed by atoms with van der Waals surface area (Å²) in [6, 6.07) is 19.5. The number of aromatic amines is 2. The molecular weight excluding hydrogens is 749 g/mol. The summed E-state index contributed by atoms with van der Waals surface area (Å²) in [6.45, 7) is 9.18. The summed E-state index contributed by atoms with van der Waals surface area (Å²) < 4.78 is 9.52. The maximum atomic E-state index is 13.9. The highest BCUT2D eigenvalue weighted by molar-refractivity contribution is 5.91. The van der Waals surface area contributed by atoms with E-state index in [4.69, 9.17) is 14.5 Å². The molecule has 3 aromatic carbocycles. The van der Waals surface area contributed by atoms with Gasteiger partial charge in [-0.05, 0) is 83.0 Å². The standard InChI is InChI=1S/C45H54N8O6/c1-7-19-52(41(54)34(8-2)50-43(56)58-5)25-38-46-23-36(48-38)33-16-15-31-20-30(13-14-32(31)21-33)28-9-11-29(12-10-28)35-24-47-40(49-35)37-22-45(17-18-45)26-53(37)42(55)39(27(3)4)51-44(57)59-6/h9-16,20-21,23-24,27,34,37,39H,7-8,17-19,22,25-26H2,1-6H3,(H,46,48)(H,47,49)(H,50,56)(H,51,57)/t34-,37-,39-/m0/s1. The Labute approximate surface area is 344 Å². The van der Waals surface area contributed by atoms with Crippen LogP contribution in [-0.2, 0) is 25.6 Å². The first-order valence-electron chi connectivity index (χ1n) is 20.5. The molecule has 14 nitrogen and oxygen atoms in total. The third kappa shape index (κ3) is 8.96. The van der Waals surface area contributed by atoms with E-state index in [1.165, 1.54) is 14.2 Å². The minimum Gasteiger partial charge on any atom is -0.453 e. The number of H-pyrrole nitrogens is 2. The van der Waals surface area contributed by atoms with Crippen molar-refractivity contribution in [2.45, 2.75) is 84.5 Å². The molecule has 14 heteroatoms. The molecule has 1 aliphatic heterocycles. The number of likely N-dealkylation sites (tertiary alicyclic amines) is 1. The quantitative estimate of drug-likeness (QED) is 0.0889. The molecule has 1 saturated heterocycles. The molecule has 2 fully saturated rings. The first-order valence-corrected chi connectivity index (χ1v) is 20.5. The maximum absolute atomic E-state index is 13.9. The van der Waals surface area contributed by atoms with Crippen LogP contribution in [0.1, 0.15) is 77.5 Å². The van der Waals surface area contributed by atoms with Crippen LogP contribution in [0.25, 0.3) is 44.4 Å². The van der Waals surface area contributed by atoms with Crippen LogP contribution in [0.5, 0.6) is 0 Å². The van der Waals surface area contributed by atoms with E-state index in [1.807, 2.05) is 38.8 Å². The molecule has 2 aromatic heterocycles. The van der Waals surface area contributed by atoms with Crippen LogP contribution < -0.4 is 10.6 Å². The molecule has 3 atom stereocenters. The normalized spacial score (nSPS) is 16.5. The molecule has 59 heavy (non-hydrogen) atoms. The monoisotopic (exact) mass is 802 g/mol. The van der Waals surface area contributed by atoms with Crippen molar-refractivity contribution in [1.29, 1.82) is 0 Å². The average molecular weight is 803 g/mol. The topological polar surface area (TPSA) is 175 Å². The third-order valence-corrected chi connectivity index (χ3v) is 11.7. The highest BCUT2D eigenvalue weighted by Gasteiger charge is 2.55. The van der Waals surface area contributed by atoms with Crippen molar-refractivity contribution in [3.8, 4) is 33.6 Å². The Hall–Kier alpha value is -6.18. The molecule has 1 saturated carbocycles. The second-order valence-corrected chi connectivity index (χ2v) is 16.2. The lowest BCUT2D eigenvalue weighted by Crippen LogP contribution is -2.51. The third-order valence-electron chi connectivity index (χ3n) is 11.7. The van der Waals surface area contributed by atoms with Crippen molar-refractivity contribution in [3.63, 3.8) is 0 Å². The van der Waals surface area contributed by atoms with E-state index in [0.717, 1.165) is 75.9 Å². The van der Waals surface area contributed by atoms with Gasteiger partial charge in [-0.15, -0.1) is 0 Å². The Morgan fingerprint density at radius 1 is 0.831 bits per heavy atom. The molecule has 2 aliphatic rings. The highest BCUT2D eigenvalue weighted by atomic mass is 16.5. The molecule has 1 aliphatic carbocycles. The predicted molar refractivity (Wildman–Crippen MR) is 225 cm³/mol. The number of carbonyl (C=O) groups is 4. The van der Waals surface area contributed by atoms with Gasteiger partial charge in [-0.3, -0.25) is 9.59 Å². The molecule has 4 N–H and O–H groups in total. The SMILES string of the molecule is CCCN(Cc1ncc(-c2ccc3cc(-c4ccc(-c5cnc([C@@H]6CC7(CC7)CN6C(=O)[C@@H](NC(=O)OC)C(C)C)[nH]5)cc4)ccc3c2)[nH]1)C(=O)[C@H](CC)NC(=O)OC. The molecule has 0 radical (unpaired) electrons. The largest absolute Gasteiger partial charge is 0.453 e. The number of nitrogens with zero attached hydrogens (tertiary/aromatic N) is 4. The van der Waals surface area contributed by atoms with Crippen molar-refractivity contribution in [1.82, 2.24) is 40.4 Å². The smallest absolute Gasteiger partial charge is 0.407 e. The predicted octanol–water partition coefficient (Wildman–Crippen LogP) is 7.59. The van der Waals surface area contributed by atoms with Crippen LogP contribution in [0.15, 0.2) is 73.1 Å². The fraction of sp³-hybridized carbons (Fsp3) is 0.422. The molecule has 1 spiro atoms. The second-order valence-electron chi connectivity index (χ2n) is 16.2.